The molecule has 1 aliphatic rings. The van der Waals surface area contributed by atoms with Crippen molar-refractivity contribution >= 4 is 27.8 Å². The number of fused-ring (bicyclic) bond motifs is 1. The average molecular weight is 444 g/mol. The summed E-state index contributed by atoms with van der Waals surface area (Å²) in [7, 11) is 0. The van der Waals surface area contributed by atoms with Gasteiger partial charge in [0.15, 0.2) is 0 Å². The number of hydrogen-bond donors (Lipinski definition) is 1. The Balaban J connectivity index is 1.38. The minimum absolute atomic E-state index is 0.0559. The summed E-state index contributed by atoms with van der Waals surface area (Å²) in [5.41, 5.74) is 3.27. The molecule has 144 valence electrons. The van der Waals surface area contributed by atoms with E-state index in [9.17, 15) is 4.79 Å². The first-order valence-electron chi connectivity index (χ1n) is 8.95. The van der Waals surface area contributed by atoms with Crippen LogP contribution in [0.25, 0.3) is 11.5 Å². The summed E-state index contributed by atoms with van der Waals surface area (Å²) in [5.74, 6) is 0.611. The molecular formula is C19H18BrN5O3. The minimum Gasteiger partial charge on any atom is -0.466 e. The SMILES string of the molecule is CCOC(=O)Cc1nnc(-c2cnc(NC3Cc4ccc(Br)cc4C3)nc2)o1. The Kier molecular flexibility index (Phi) is 5.34. The number of carbonyl (C=O) groups is 1. The van der Waals surface area contributed by atoms with E-state index in [-0.39, 0.29) is 24.2 Å². The second-order valence-corrected chi connectivity index (χ2v) is 7.36. The van der Waals surface area contributed by atoms with E-state index in [0.717, 1.165) is 17.3 Å². The van der Waals surface area contributed by atoms with E-state index in [1.165, 1.54) is 11.1 Å². The van der Waals surface area contributed by atoms with Crippen LogP contribution >= 0.6 is 15.9 Å². The van der Waals surface area contributed by atoms with Crippen molar-refractivity contribution in [3.05, 3.63) is 52.1 Å². The van der Waals surface area contributed by atoms with Gasteiger partial charge in [0.05, 0.1) is 12.2 Å². The van der Waals surface area contributed by atoms with Gasteiger partial charge >= 0.3 is 5.97 Å². The Morgan fingerprint density at radius 1 is 1.25 bits per heavy atom. The molecule has 1 N–H and O–H groups in total. The van der Waals surface area contributed by atoms with Gasteiger partial charge in [0.1, 0.15) is 6.42 Å². The van der Waals surface area contributed by atoms with Crippen LogP contribution in [0.1, 0.15) is 23.9 Å². The number of anilines is 1. The smallest absolute Gasteiger partial charge is 0.315 e. The van der Waals surface area contributed by atoms with Crippen molar-refractivity contribution in [1.29, 1.82) is 0 Å². The Bertz CT molecular complexity index is 989. The molecule has 9 heteroatoms. The van der Waals surface area contributed by atoms with Gasteiger partial charge < -0.3 is 14.5 Å². The number of hydrogen-bond acceptors (Lipinski definition) is 8. The summed E-state index contributed by atoms with van der Waals surface area (Å²) < 4.78 is 11.4. The van der Waals surface area contributed by atoms with E-state index >= 15 is 0 Å². The maximum Gasteiger partial charge on any atom is 0.315 e. The van der Waals surface area contributed by atoms with Crippen LogP contribution in [0.3, 0.4) is 0 Å². The number of carbonyl (C=O) groups excluding carboxylic acids is 1. The maximum atomic E-state index is 11.5. The molecular weight excluding hydrogens is 426 g/mol. The van der Waals surface area contributed by atoms with Crippen molar-refractivity contribution in [3.63, 3.8) is 0 Å². The van der Waals surface area contributed by atoms with E-state index in [1.54, 1.807) is 19.3 Å². The van der Waals surface area contributed by atoms with E-state index in [0.29, 0.717) is 18.1 Å². The highest BCUT2D eigenvalue weighted by atomic mass is 79.9. The number of nitrogens with one attached hydrogen (secondary N) is 1. The first-order valence-corrected chi connectivity index (χ1v) is 9.74. The zero-order valence-electron chi connectivity index (χ0n) is 15.2. The lowest BCUT2D eigenvalue weighted by atomic mass is 10.1. The normalized spacial score (nSPS) is 15.3. The molecule has 8 nitrogen and oxygen atoms in total. The van der Waals surface area contributed by atoms with Crippen LogP contribution in [0.5, 0.6) is 0 Å². The molecule has 0 saturated heterocycles. The van der Waals surface area contributed by atoms with E-state index in [2.05, 4.69) is 59.6 Å². The van der Waals surface area contributed by atoms with Crippen molar-refractivity contribution in [2.75, 3.05) is 11.9 Å². The van der Waals surface area contributed by atoms with Crippen LogP contribution < -0.4 is 5.32 Å². The molecule has 0 fully saturated rings. The van der Waals surface area contributed by atoms with Gasteiger partial charge in [0, 0.05) is 22.9 Å². The van der Waals surface area contributed by atoms with Gasteiger partial charge in [-0.25, -0.2) is 9.97 Å². The summed E-state index contributed by atoms with van der Waals surface area (Å²) in [6.07, 6.45) is 5.06. The zero-order chi connectivity index (χ0) is 19.5. The molecule has 0 amide bonds. The number of benzene rings is 1. The standard InChI is InChI=1S/C19H18BrN5O3/c1-2-27-17(26)8-16-24-25-18(28-16)13-9-21-19(22-10-13)23-15-6-11-3-4-14(20)5-12(11)7-15/h3-5,9-10,15H,2,6-8H2,1H3,(H,21,22,23). The third-order valence-electron chi connectivity index (χ3n) is 4.40. The second-order valence-electron chi connectivity index (χ2n) is 6.44. The van der Waals surface area contributed by atoms with Crippen LogP contribution in [-0.2, 0) is 28.8 Å². The molecule has 1 aliphatic carbocycles. The van der Waals surface area contributed by atoms with Crippen molar-refractivity contribution in [2.45, 2.75) is 32.2 Å². The molecule has 2 heterocycles. The lowest BCUT2D eigenvalue weighted by Crippen LogP contribution is -2.20. The third kappa shape index (κ3) is 4.19. The number of ether oxygens (including phenoxy) is 1. The van der Waals surface area contributed by atoms with E-state index in [4.69, 9.17) is 9.15 Å². The molecule has 2 aromatic heterocycles. The summed E-state index contributed by atoms with van der Waals surface area (Å²) in [6.45, 7) is 2.05. The molecule has 0 saturated carbocycles. The van der Waals surface area contributed by atoms with Crippen molar-refractivity contribution in [2.24, 2.45) is 0 Å². The lowest BCUT2D eigenvalue weighted by Gasteiger charge is -2.11. The fourth-order valence-electron chi connectivity index (χ4n) is 3.16. The highest BCUT2D eigenvalue weighted by Gasteiger charge is 2.22. The van der Waals surface area contributed by atoms with E-state index in [1.807, 2.05) is 0 Å². The van der Waals surface area contributed by atoms with Gasteiger partial charge in [-0.05, 0) is 43.0 Å². The summed E-state index contributed by atoms with van der Waals surface area (Å²) in [5, 5.41) is 11.2. The van der Waals surface area contributed by atoms with Crippen molar-refractivity contribution in [1.82, 2.24) is 20.2 Å². The Morgan fingerprint density at radius 2 is 2.04 bits per heavy atom. The van der Waals surface area contributed by atoms with Gasteiger partial charge in [-0.2, -0.15) is 0 Å². The third-order valence-corrected chi connectivity index (χ3v) is 4.89. The van der Waals surface area contributed by atoms with Crippen LogP contribution in [0.15, 0.2) is 39.5 Å². The molecule has 0 bridgehead atoms. The molecule has 1 aromatic carbocycles. The quantitative estimate of drug-likeness (QED) is 0.579. The summed E-state index contributed by atoms with van der Waals surface area (Å²) in [6, 6.07) is 6.63. The molecule has 0 radical (unpaired) electrons. The van der Waals surface area contributed by atoms with Crippen molar-refractivity contribution in [3.8, 4) is 11.5 Å². The molecule has 0 aliphatic heterocycles. The van der Waals surface area contributed by atoms with Gasteiger partial charge in [-0.1, -0.05) is 22.0 Å². The van der Waals surface area contributed by atoms with Crippen LogP contribution in [0.4, 0.5) is 5.95 Å². The molecule has 1 unspecified atom stereocenters. The predicted molar refractivity (Wildman–Crippen MR) is 105 cm³/mol. The van der Waals surface area contributed by atoms with Gasteiger partial charge in [-0.3, -0.25) is 4.79 Å². The molecule has 1 atom stereocenters. The van der Waals surface area contributed by atoms with Crippen LogP contribution in [0.2, 0.25) is 0 Å². The number of aromatic nitrogens is 4. The van der Waals surface area contributed by atoms with Crippen molar-refractivity contribution < 1.29 is 13.9 Å². The molecule has 0 spiro atoms. The predicted octanol–water partition coefficient (Wildman–Crippen LogP) is 2.97. The first-order chi connectivity index (χ1) is 13.6. The minimum atomic E-state index is -0.405. The summed E-state index contributed by atoms with van der Waals surface area (Å²) in [4.78, 5) is 20.2. The molecule has 28 heavy (non-hydrogen) atoms. The fraction of sp³-hybridized carbons (Fsp3) is 0.316. The topological polar surface area (TPSA) is 103 Å². The first kappa shape index (κ1) is 18.5. The average Bonchev–Trinajstić information content (AvgIpc) is 3.28. The number of esters is 1. The van der Waals surface area contributed by atoms with Gasteiger partial charge in [0.25, 0.3) is 5.89 Å². The van der Waals surface area contributed by atoms with Crippen LogP contribution in [0, 0.1) is 0 Å². The molecule has 4 rings (SSSR count). The number of halogens is 1. The highest BCUT2D eigenvalue weighted by molar-refractivity contribution is 9.10. The monoisotopic (exact) mass is 443 g/mol. The number of rotatable bonds is 6. The highest BCUT2D eigenvalue weighted by Crippen LogP contribution is 2.27. The van der Waals surface area contributed by atoms with E-state index < -0.39 is 5.97 Å². The lowest BCUT2D eigenvalue weighted by molar-refractivity contribution is -0.142. The fourth-order valence-corrected chi connectivity index (χ4v) is 3.57. The van der Waals surface area contributed by atoms with Gasteiger partial charge in [-0.15, -0.1) is 10.2 Å². The Labute approximate surface area is 169 Å². The zero-order valence-corrected chi connectivity index (χ0v) is 16.8. The Hall–Kier alpha value is -2.81. The summed E-state index contributed by atoms with van der Waals surface area (Å²) >= 11 is 3.51. The second kappa shape index (κ2) is 8.05. The Morgan fingerprint density at radius 3 is 2.82 bits per heavy atom. The number of nitrogens with zero attached hydrogens (tertiary/aromatic N) is 4. The maximum absolute atomic E-state index is 11.5. The largest absolute Gasteiger partial charge is 0.466 e. The van der Waals surface area contributed by atoms with Gasteiger partial charge in [0.2, 0.25) is 11.8 Å². The molecule has 3 aromatic rings. The van der Waals surface area contributed by atoms with Crippen LogP contribution in [-0.4, -0.2) is 38.8 Å².